The van der Waals surface area contributed by atoms with Crippen molar-refractivity contribution in [2.45, 2.75) is 44.9 Å². The zero-order valence-corrected chi connectivity index (χ0v) is 11.9. The average molecular weight is 282 g/mol. The number of hydrogen-bond acceptors (Lipinski definition) is 5. The number of hydrogen-bond donors (Lipinski definition) is 3. The van der Waals surface area contributed by atoms with Crippen LogP contribution < -0.4 is 5.73 Å². The number of carbonyl (C=O) groups is 1. The predicted octanol–water partition coefficient (Wildman–Crippen LogP) is -0.492. The van der Waals surface area contributed by atoms with E-state index in [1.54, 1.807) is 11.0 Å². The molecular weight excluding hydrogens is 260 g/mol. The van der Waals surface area contributed by atoms with Gasteiger partial charge >= 0.3 is 0 Å². The van der Waals surface area contributed by atoms with Gasteiger partial charge in [0.25, 0.3) is 0 Å². The fourth-order valence-corrected chi connectivity index (χ4v) is 2.52. The van der Waals surface area contributed by atoms with Crippen LogP contribution >= 0.6 is 0 Å². The number of anilines is 1. The third-order valence-electron chi connectivity index (χ3n) is 4.01. The van der Waals surface area contributed by atoms with Crippen molar-refractivity contribution in [3.05, 3.63) is 11.8 Å². The highest BCUT2D eigenvalue weighted by Gasteiger charge is 2.40. The second kappa shape index (κ2) is 5.41. The van der Waals surface area contributed by atoms with E-state index < -0.39 is 11.7 Å². The first-order valence-electron chi connectivity index (χ1n) is 6.84. The molecule has 20 heavy (non-hydrogen) atoms. The summed E-state index contributed by atoms with van der Waals surface area (Å²) in [5.74, 6) is 0.287. The minimum atomic E-state index is -1.09. The highest BCUT2D eigenvalue weighted by atomic mass is 16.3. The maximum Gasteiger partial charge on any atom is 0.244 e. The molecule has 0 unspecified atom stereocenters. The van der Waals surface area contributed by atoms with E-state index in [0.29, 0.717) is 25.2 Å². The SMILES string of the molecule is CC[C@]1(O)CCN(C(=O)Cn2nc(C)cc2N)C[C@@H]1O. The van der Waals surface area contributed by atoms with Crippen LogP contribution in [0, 0.1) is 6.92 Å². The smallest absolute Gasteiger partial charge is 0.244 e. The van der Waals surface area contributed by atoms with Gasteiger partial charge in [0.15, 0.2) is 0 Å². The number of nitrogen functional groups attached to an aromatic ring is 1. The minimum Gasteiger partial charge on any atom is -0.388 e. The van der Waals surface area contributed by atoms with Crippen molar-refractivity contribution < 1.29 is 15.0 Å². The van der Waals surface area contributed by atoms with Crippen LogP contribution in [-0.2, 0) is 11.3 Å². The number of aliphatic hydroxyl groups excluding tert-OH is 1. The quantitative estimate of drug-likeness (QED) is 0.694. The number of rotatable bonds is 3. The molecule has 1 saturated heterocycles. The van der Waals surface area contributed by atoms with Gasteiger partial charge in [-0.3, -0.25) is 4.79 Å². The van der Waals surface area contributed by atoms with Crippen molar-refractivity contribution in [3.63, 3.8) is 0 Å². The summed E-state index contributed by atoms with van der Waals surface area (Å²) < 4.78 is 1.45. The molecule has 0 bridgehead atoms. The number of nitrogens with two attached hydrogens (primary N) is 1. The monoisotopic (exact) mass is 282 g/mol. The lowest BCUT2D eigenvalue weighted by Crippen LogP contribution is -2.56. The summed E-state index contributed by atoms with van der Waals surface area (Å²) in [6, 6.07) is 1.70. The van der Waals surface area contributed by atoms with Gasteiger partial charge in [-0.05, 0) is 19.8 Å². The van der Waals surface area contributed by atoms with E-state index in [2.05, 4.69) is 5.10 Å². The Morgan fingerprint density at radius 1 is 1.65 bits per heavy atom. The van der Waals surface area contributed by atoms with E-state index >= 15 is 0 Å². The largest absolute Gasteiger partial charge is 0.388 e. The summed E-state index contributed by atoms with van der Waals surface area (Å²) in [6.07, 6.45) is -0.0622. The third-order valence-corrected chi connectivity index (χ3v) is 4.01. The Morgan fingerprint density at radius 2 is 2.35 bits per heavy atom. The lowest BCUT2D eigenvalue weighted by molar-refractivity contribution is -0.150. The predicted molar refractivity (Wildman–Crippen MR) is 73.8 cm³/mol. The zero-order chi connectivity index (χ0) is 14.9. The van der Waals surface area contributed by atoms with E-state index in [1.165, 1.54) is 4.68 Å². The lowest BCUT2D eigenvalue weighted by Gasteiger charge is -2.41. The van der Waals surface area contributed by atoms with Gasteiger partial charge in [0.2, 0.25) is 5.91 Å². The molecule has 0 radical (unpaired) electrons. The first kappa shape index (κ1) is 14.8. The maximum atomic E-state index is 12.2. The van der Waals surface area contributed by atoms with Crippen LogP contribution in [0.5, 0.6) is 0 Å². The Labute approximate surface area is 118 Å². The second-order valence-electron chi connectivity index (χ2n) is 5.43. The molecule has 0 aromatic carbocycles. The average Bonchev–Trinajstić information content (AvgIpc) is 2.71. The van der Waals surface area contributed by atoms with E-state index in [9.17, 15) is 15.0 Å². The molecule has 1 amide bonds. The number of likely N-dealkylation sites (tertiary alicyclic amines) is 1. The Bertz CT molecular complexity index is 502. The molecule has 4 N–H and O–H groups in total. The fourth-order valence-electron chi connectivity index (χ4n) is 2.52. The van der Waals surface area contributed by atoms with E-state index in [4.69, 9.17) is 5.73 Å². The fraction of sp³-hybridized carbons (Fsp3) is 0.692. The van der Waals surface area contributed by atoms with Gasteiger partial charge in [-0.15, -0.1) is 0 Å². The van der Waals surface area contributed by atoms with Crippen LogP contribution in [0.1, 0.15) is 25.5 Å². The van der Waals surface area contributed by atoms with Crippen molar-refractivity contribution in [1.82, 2.24) is 14.7 Å². The molecule has 7 nitrogen and oxygen atoms in total. The Morgan fingerprint density at radius 3 is 2.85 bits per heavy atom. The van der Waals surface area contributed by atoms with Crippen LogP contribution in [0.3, 0.4) is 0 Å². The van der Waals surface area contributed by atoms with Crippen molar-refractivity contribution in [1.29, 1.82) is 0 Å². The normalized spacial score (nSPS) is 26.8. The molecule has 2 atom stereocenters. The molecule has 1 fully saturated rings. The van der Waals surface area contributed by atoms with Crippen LogP contribution in [0.15, 0.2) is 6.07 Å². The summed E-state index contributed by atoms with van der Waals surface area (Å²) in [4.78, 5) is 13.7. The molecule has 1 aliphatic rings. The van der Waals surface area contributed by atoms with Gasteiger partial charge in [-0.2, -0.15) is 5.10 Å². The molecule has 2 rings (SSSR count). The van der Waals surface area contributed by atoms with Gasteiger partial charge in [-0.1, -0.05) is 6.92 Å². The molecule has 1 aromatic heterocycles. The number of aromatic nitrogens is 2. The molecule has 0 aliphatic carbocycles. The van der Waals surface area contributed by atoms with Gasteiger partial charge in [0.05, 0.1) is 11.3 Å². The van der Waals surface area contributed by atoms with E-state index in [1.807, 2.05) is 13.8 Å². The van der Waals surface area contributed by atoms with Crippen LogP contribution in [-0.4, -0.2) is 55.6 Å². The Kier molecular flexibility index (Phi) is 4.01. The van der Waals surface area contributed by atoms with Gasteiger partial charge in [0.1, 0.15) is 18.5 Å². The molecule has 112 valence electrons. The number of aryl methyl sites for hydroxylation is 1. The number of nitrogens with zero attached hydrogens (tertiary/aromatic N) is 3. The Hall–Kier alpha value is -1.60. The van der Waals surface area contributed by atoms with Crippen molar-refractivity contribution in [2.24, 2.45) is 0 Å². The third kappa shape index (κ3) is 2.78. The van der Waals surface area contributed by atoms with Crippen molar-refractivity contribution in [2.75, 3.05) is 18.8 Å². The molecular formula is C13H22N4O3. The summed E-state index contributed by atoms with van der Waals surface area (Å²) in [5, 5.41) is 24.3. The molecule has 1 aromatic rings. The first-order valence-corrected chi connectivity index (χ1v) is 6.84. The maximum absolute atomic E-state index is 12.2. The molecule has 7 heteroatoms. The summed E-state index contributed by atoms with van der Waals surface area (Å²) in [7, 11) is 0. The van der Waals surface area contributed by atoms with E-state index in [-0.39, 0.29) is 19.0 Å². The summed E-state index contributed by atoms with van der Waals surface area (Å²) in [5.41, 5.74) is 5.42. The number of piperidine rings is 1. The lowest BCUT2D eigenvalue weighted by atomic mass is 9.86. The highest BCUT2D eigenvalue weighted by Crippen LogP contribution is 2.26. The van der Waals surface area contributed by atoms with Crippen LogP contribution in [0.4, 0.5) is 5.82 Å². The Balaban J connectivity index is 1.99. The van der Waals surface area contributed by atoms with Crippen molar-refractivity contribution >= 4 is 11.7 Å². The molecule has 0 spiro atoms. The van der Waals surface area contributed by atoms with Crippen LogP contribution in [0.25, 0.3) is 0 Å². The van der Waals surface area contributed by atoms with Gasteiger partial charge < -0.3 is 20.8 Å². The standard InChI is InChI=1S/C13H22N4O3/c1-3-13(20)4-5-16(7-10(13)18)12(19)8-17-11(14)6-9(2)15-17/h6,10,18,20H,3-5,7-8,14H2,1-2H3/t10-,13-/m0/s1. The number of carbonyl (C=O) groups excluding carboxylic acids is 1. The van der Waals surface area contributed by atoms with E-state index in [0.717, 1.165) is 5.69 Å². The van der Waals surface area contributed by atoms with Gasteiger partial charge in [-0.25, -0.2) is 4.68 Å². The first-order chi connectivity index (χ1) is 9.35. The van der Waals surface area contributed by atoms with Crippen LogP contribution in [0.2, 0.25) is 0 Å². The van der Waals surface area contributed by atoms with Gasteiger partial charge in [0, 0.05) is 19.2 Å². The molecule has 1 aliphatic heterocycles. The number of β-amino-alcohol motifs (C(OH)–C–C–N with tert-alkyl or cyclic N) is 1. The highest BCUT2D eigenvalue weighted by molar-refractivity contribution is 5.76. The molecule has 0 saturated carbocycles. The minimum absolute atomic E-state index is 0.0525. The van der Waals surface area contributed by atoms with Crippen molar-refractivity contribution in [3.8, 4) is 0 Å². The second-order valence-corrected chi connectivity index (χ2v) is 5.43. The zero-order valence-electron chi connectivity index (χ0n) is 11.9. The summed E-state index contributed by atoms with van der Waals surface area (Å²) in [6.45, 7) is 4.26. The summed E-state index contributed by atoms with van der Waals surface area (Å²) >= 11 is 0. The topological polar surface area (TPSA) is 105 Å². The number of amides is 1. The number of aliphatic hydroxyl groups is 2. The molecule has 2 heterocycles.